The second-order valence-corrected chi connectivity index (χ2v) is 5.87. The predicted molar refractivity (Wildman–Crippen MR) is 68.0 cm³/mol. The largest absolute Gasteiger partial charge is 0.301 e. The average molecular weight is 259 g/mol. The Balaban J connectivity index is 1.73. The summed E-state index contributed by atoms with van der Waals surface area (Å²) in [5, 5.41) is 5.22. The second kappa shape index (κ2) is 5.53. The van der Waals surface area contributed by atoms with Crippen LogP contribution in [0.3, 0.4) is 0 Å². The average Bonchev–Trinajstić information content (AvgIpc) is 2.86. The lowest BCUT2D eigenvalue weighted by molar-refractivity contribution is -0.113. The van der Waals surface area contributed by atoms with Crippen molar-refractivity contribution in [2.75, 3.05) is 23.4 Å². The molecule has 1 aromatic rings. The highest BCUT2D eigenvalue weighted by Crippen LogP contribution is 2.22. The van der Waals surface area contributed by atoms with Gasteiger partial charge in [0.25, 0.3) is 0 Å². The Morgan fingerprint density at radius 1 is 1.67 bits per heavy atom. The maximum Gasteiger partial charge on any atom is 0.236 e. The van der Waals surface area contributed by atoms with Crippen molar-refractivity contribution in [1.82, 2.24) is 4.98 Å². The standard InChI is InChI=1S/C8H9N3OS3/c12-6(11-7-9-1-3-13-7)5-15-8-10-2-4-14-8/h1,3H,2,4-5H2,(H,9,11,12). The fraction of sp³-hybridized carbons (Fsp3) is 0.375. The molecular formula is C8H9N3OS3. The minimum Gasteiger partial charge on any atom is -0.301 e. The topological polar surface area (TPSA) is 54.4 Å². The Hall–Kier alpha value is -0.530. The van der Waals surface area contributed by atoms with Gasteiger partial charge >= 0.3 is 0 Å². The summed E-state index contributed by atoms with van der Waals surface area (Å²) in [4.78, 5) is 19.7. The molecule has 0 fully saturated rings. The number of aromatic nitrogens is 1. The number of amides is 1. The number of aliphatic imine (C=N–C) groups is 1. The number of hydrogen-bond donors (Lipinski definition) is 1. The molecule has 0 bridgehead atoms. The third-order valence-corrected chi connectivity index (χ3v) is 4.50. The Kier molecular flexibility index (Phi) is 4.04. The maximum atomic E-state index is 11.4. The number of thiazole rings is 1. The normalized spacial score (nSPS) is 15.1. The predicted octanol–water partition coefficient (Wildman–Crippen LogP) is 1.92. The van der Waals surface area contributed by atoms with Crippen LogP contribution in [0.5, 0.6) is 0 Å². The van der Waals surface area contributed by atoms with Crippen LogP contribution >= 0.6 is 34.9 Å². The molecule has 2 heterocycles. The van der Waals surface area contributed by atoms with Gasteiger partial charge in [-0.05, 0) is 0 Å². The van der Waals surface area contributed by atoms with Crippen LogP contribution in [0.25, 0.3) is 0 Å². The molecule has 1 aromatic heterocycles. The minimum atomic E-state index is -0.0230. The molecule has 1 N–H and O–H groups in total. The van der Waals surface area contributed by atoms with Crippen molar-refractivity contribution >= 4 is 50.3 Å². The van der Waals surface area contributed by atoms with Gasteiger partial charge in [-0.15, -0.1) is 11.3 Å². The Bertz CT molecular complexity index is 363. The lowest BCUT2D eigenvalue weighted by atomic mass is 10.7. The van der Waals surface area contributed by atoms with Gasteiger partial charge in [-0.2, -0.15) is 0 Å². The second-order valence-electron chi connectivity index (χ2n) is 2.67. The summed E-state index contributed by atoms with van der Waals surface area (Å²) in [7, 11) is 0. The van der Waals surface area contributed by atoms with Crippen LogP contribution in [0.4, 0.5) is 5.13 Å². The molecule has 7 heteroatoms. The van der Waals surface area contributed by atoms with E-state index in [4.69, 9.17) is 0 Å². The van der Waals surface area contributed by atoms with E-state index in [0.717, 1.165) is 16.7 Å². The van der Waals surface area contributed by atoms with Crippen LogP contribution in [0, 0.1) is 0 Å². The van der Waals surface area contributed by atoms with Crippen LogP contribution in [-0.4, -0.2) is 33.3 Å². The first-order valence-electron chi connectivity index (χ1n) is 4.34. The van der Waals surface area contributed by atoms with Crippen LogP contribution in [-0.2, 0) is 4.79 Å². The van der Waals surface area contributed by atoms with E-state index >= 15 is 0 Å². The minimum absolute atomic E-state index is 0.0230. The molecule has 1 aliphatic heterocycles. The summed E-state index contributed by atoms with van der Waals surface area (Å²) in [6.07, 6.45) is 1.67. The summed E-state index contributed by atoms with van der Waals surface area (Å²) < 4.78 is 1.02. The molecule has 0 radical (unpaired) electrons. The highest BCUT2D eigenvalue weighted by atomic mass is 32.2. The Labute approximate surface area is 100.0 Å². The fourth-order valence-corrected chi connectivity index (χ4v) is 3.32. The van der Waals surface area contributed by atoms with Gasteiger partial charge in [0.15, 0.2) is 5.13 Å². The van der Waals surface area contributed by atoms with Crippen molar-refractivity contribution in [3.63, 3.8) is 0 Å². The number of carbonyl (C=O) groups excluding carboxylic acids is 1. The van der Waals surface area contributed by atoms with E-state index in [1.54, 1.807) is 18.0 Å². The van der Waals surface area contributed by atoms with Gasteiger partial charge < -0.3 is 5.32 Å². The molecule has 2 rings (SSSR count). The van der Waals surface area contributed by atoms with Crippen LogP contribution in [0.1, 0.15) is 0 Å². The highest BCUT2D eigenvalue weighted by molar-refractivity contribution is 8.39. The quantitative estimate of drug-likeness (QED) is 0.901. The summed E-state index contributed by atoms with van der Waals surface area (Å²) >= 11 is 4.63. The van der Waals surface area contributed by atoms with Gasteiger partial charge in [0.05, 0.1) is 12.3 Å². The number of hydrogen-bond acceptors (Lipinski definition) is 6. The number of carbonyl (C=O) groups is 1. The maximum absolute atomic E-state index is 11.4. The molecule has 15 heavy (non-hydrogen) atoms. The molecule has 0 unspecified atom stereocenters. The van der Waals surface area contributed by atoms with E-state index in [0.29, 0.717) is 10.9 Å². The SMILES string of the molecule is O=C(CSC1=NCCS1)Nc1nccs1. The van der Waals surface area contributed by atoms with Gasteiger partial charge in [-0.25, -0.2) is 4.98 Å². The molecule has 0 spiro atoms. The van der Waals surface area contributed by atoms with Crippen molar-refractivity contribution in [3.05, 3.63) is 11.6 Å². The molecule has 80 valence electrons. The molecular weight excluding hydrogens is 250 g/mol. The monoisotopic (exact) mass is 259 g/mol. The van der Waals surface area contributed by atoms with Gasteiger partial charge in [0.1, 0.15) is 4.38 Å². The number of nitrogens with one attached hydrogen (secondary N) is 1. The van der Waals surface area contributed by atoms with Crippen LogP contribution in [0.15, 0.2) is 16.6 Å². The van der Waals surface area contributed by atoms with Gasteiger partial charge in [-0.1, -0.05) is 23.5 Å². The van der Waals surface area contributed by atoms with E-state index in [1.807, 2.05) is 5.38 Å². The summed E-state index contributed by atoms with van der Waals surface area (Å²) in [5.74, 6) is 1.42. The van der Waals surface area contributed by atoms with E-state index in [1.165, 1.54) is 23.1 Å². The molecule has 0 saturated carbocycles. The lowest BCUT2D eigenvalue weighted by Crippen LogP contribution is -2.14. The molecule has 0 aromatic carbocycles. The summed E-state index contributed by atoms with van der Waals surface area (Å²) in [6.45, 7) is 0.876. The zero-order valence-corrected chi connectivity index (χ0v) is 10.3. The van der Waals surface area contributed by atoms with Crippen molar-refractivity contribution in [2.24, 2.45) is 4.99 Å². The summed E-state index contributed by atoms with van der Waals surface area (Å²) in [5.41, 5.74) is 0. The van der Waals surface area contributed by atoms with Crippen molar-refractivity contribution in [1.29, 1.82) is 0 Å². The summed E-state index contributed by atoms with van der Waals surface area (Å²) in [6, 6.07) is 0. The molecule has 0 atom stereocenters. The number of thioether (sulfide) groups is 2. The van der Waals surface area contributed by atoms with Crippen molar-refractivity contribution in [3.8, 4) is 0 Å². The first-order valence-corrected chi connectivity index (χ1v) is 7.19. The zero-order chi connectivity index (χ0) is 10.5. The van der Waals surface area contributed by atoms with Crippen molar-refractivity contribution in [2.45, 2.75) is 0 Å². The third kappa shape index (κ3) is 3.51. The van der Waals surface area contributed by atoms with Gasteiger partial charge in [0, 0.05) is 17.3 Å². The lowest BCUT2D eigenvalue weighted by Gasteiger charge is -2.00. The zero-order valence-electron chi connectivity index (χ0n) is 7.80. The Morgan fingerprint density at radius 3 is 3.27 bits per heavy atom. The first kappa shape index (κ1) is 11.0. The third-order valence-electron chi connectivity index (χ3n) is 1.56. The van der Waals surface area contributed by atoms with E-state index < -0.39 is 0 Å². The van der Waals surface area contributed by atoms with Gasteiger partial charge in [-0.3, -0.25) is 9.79 Å². The molecule has 1 aliphatic rings. The Morgan fingerprint density at radius 2 is 2.60 bits per heavy atom. The molecule has 0 aliphatic carbocycles. The smallest absolute Gasteiger partial charge is 0.236 e. The number of nitrogens with zero attached hydrogens (tertiary/aromatic N) is 2. The molecule has 0 saturated heterocycles. The van der Waals surface area contributed by atoms with Crippen LogP contribution < -0.4 is 5.32 Å². The fourth-order valence-electron chi connectivity index (χ4n) is 0.971. The molecule has 4 nitrogen and oxygen atoms in total. The number of rotatable bonds is 3. The van der Waals surface area contributed by atoms with Crippen LogP contribution in [0.2, 0.25) is 0 Å². The first-order chi connectivity index (χ1) is 7.34. The number of anilines is 1. The van der Waals surface area contributed by atoms with Gasteiger partial charge in [0.2, 0.25) is 5.91 Å². The highest BCUT2D eigenvalue weighted by Gasteiger charge is 2.10. The van der Waals surface area contributed by atoms with E-state index in [-0.39, 0.29) is 5.91 Å². The van der Waals surface area contributed by atoms with E-state index in [9.17, 15) is 4.79 Å². The van der Waals surface area contributed by atoms with E-state index in [2.05, 4.69) is 15.3 Å². The molecule has 1 amide bonds. The van der Waals surface area contributed by atoms with Crippen molar-refractivity contribution < 1.29 is 4.79 Å².